The van der Waals surface area contributed by atoms with Gasteiger partial charge in [-0.25, -0.2) is 0 Å². The van der Waals surface area contributed by atoms with E-state index in [0.717, 1.165) is 0 Å². The van der Waals surface area contributed by atoms with Gasteiger partial charge in [0, 0.05) is 25.2 Å². The maximum Gasteiger partial charge on any atom is 0.0244 e. The maximum absolute atomic E-state index is 3.51. The molecule has 0 aromatic carbocycles. The summed E-state index contributed by atoms with van der Waals surface area (Å²) in [6.45, 7) is 9.68. The van der Waals surface area contributed by atoms with Crippen LogP contribution in [0.1, 0.15) is 46.0 Å². The fourth-order valence-electron chi connectivity index (χ4n) is 3.21. The lowest BCUT2D eigenvalue weighted by Gasteiger charge is -2.35. The molecule has 1 N–H and O–H groups in total. The summed E-state index contributed by atoms with van der Waals surface area (Å²) in [7, 11) is 4.40. The zero-order valence-electron chi connectivity index (χ0n) is 12.9. The number of rotatable bonds is 9. The molecule has 1 aliphatic heterocycles. The zero-order valence-corrected chi connectivity index (χ0v) is 12.9. The number of hydrogen-bond acceptors (Lipinski definition) is 3. The monoisotopic (exact) mass is 255 g/mol. The highest BCUT2D eigenvalue weighted by molar-refractivity contribution is 4.82. The second kappa shape index (κ2) is 8.89. The Kier molecular flexibility index (Phi) is 7.87. The molecule has 108 valence electrons. The van der Waals surface area contributed by atoms with Crippen molar-refractivity contribution < 1.29 is 0 Å². The van der Waals surface area contributed by atoms with E-state index in [-0.39, 0.29) is 0 Å². The van der Waals surface area contributed by atoms with Crippen molar-refractivity contribution in [1.82, 2.24) is 15.1 Å². The van der Waals surface area contributed by atoms with E-state index < -0.39 is 0 Å². The van der Waals surface area contributed by atoms with Crippen molar-refractivity contribution in [3.05, 3.63) is 0 Å². The minimum atomic E-state index is 0.642. The molecule has 1 saturated heterocycles. The van der Waals surface area contributed by atoms with Crippen molar-refractivity contribution in [3.8, 4) is 0 Å². The zero-order chi connectivity index (χ0) is 13.4. The van der Waals surface area contributed by atoms with E-state index >= 15 is 0 Å². The van der Waals surface area contributed by atoms with Crippen molar-refractivity contribution in [2.45, 2.75) is 58.0 Å². The smallest absolute Gasteiger partial charge is 0.0244 e. The van der Waals surface area contributed by atoms with Crippen LogP contribution in [-0.2, 0) is 0 Å². The standard InChI is InChI=1S/C15H33N3/c1-5-9-14(16-3)15(6-2)17(4)12-13-18-10-7-8-11-18/h14-16H,5-13H2,1-4H3. The molecule has 0 saturated carbocycles. The highest BCUT2D eigenvalue weighted by Gasteiger charge is 2.22. The van der Waals surface area contributed by atoms with Crippen molar-refractivity contribution in [2.75, 3.05) is 40.3 Å². The largest absolute Gasteiger partial charge is 0.315 e. The number of hydrogen-bond donors (Lipinski definition) is 1. The Hall–Kier alpha value is -0.120. The van der Waals surface area contributed by atoms with Gasteiger partial charge in [-0.1, -0.05) is 20.3 Å². The summed E-state index contributed by atoms with van der Waals surface area (Å²) in [5.41, 5.74) is 0. The summed E-state index contributed by atoms with van der Waals surface area (Å²) in [4.78, 5) is 5.17. The number of likely N-dealkylation sites (tertiary alicyclic amines) is 1. The SMILES string of the molecule is CCCC(NC)C(CC)N(C)CCN1CCCC1. The molecule has 2 unspecified atom stereocenters. The fourth-order valence-corrected chi connectivity index (χ4v) is 3.21. The van der Waals surface area contributed by atoms with Gasteiger partial charge in [0.1, 0.15) is 0 Å². The molecule has 0 aromatic heterocycles. The molecular formula is C15H33N3. The average Bonchev–Trinajstić information content (AvgIpc) is 2.89. The van der Waals surface area contributed by atoms with Crippen molar-refractivity contribution in [2.24, 2.45) is 0 Å². The summed E-state index contributed by atoms with van der Waals surface area (Å²) < 4.78 is 0. The van der Waals surface area contributed by atoms with E-state index in [0.29, 0.717) is 12.1 Å². The summed E-state index contributed by atoms with van der Waals surface area (Å²) >= 11 is 0. The van der Waals surface area contributed by atoms with Crippen LogP contribution in [0, 0.1) is 0 Å². The molecule has 0 spiro atoms. The van der Waals surface area contributed by atoms with Crippen LogP contribution in [0.25, 0.3) is 0 Å². The van der Waals surface area contributed by atoms with Crippen LogP contribution in [0.5, 0.6) is 0 Å². The summed E-state index contributed by atoms with van der Waals surface area (Å²) in [5.74, 6) is 0. The van der Waals surface area contributed by atoms with Crippen LogP contribution >= 0.6 is 0 Å². The van der Waals surface area contributed by atoms with Crippen molar-refractivity contribution in [1.29, 1.82) is 0 Å². The van der Waals surface area contributed by atoms with Crippen LogP contribution in [-0.4, -0.2) is 62.2 Å². The lowest BCUT2D eigenvalue weighted by Crippen LogP contribution is -2.49. The molecular weight excluding hydrogens is 222 g/mol. The first-order chi connectivity index (χ1) is 8.72. The molecule has 0 aliphatic carbocycles. The minimum absolute atomic E-state index is 0.642. The van der Waals surface area contributed by atoms with Crippen molar-refractivity contribution in [3.63, 3.8) is 0 Å². The van der Waals surface area contributed by atoms with E-state index in [1.54, 1.807) is 0 Å². The third kappa shape index (κ3) is 4.87. The minimum Gasteiger partial charge on any atom is -0.315 e. The second-order valence-corrected chi connectivity index (χ2v) is 5.69. The molecule has 1 aliphatic rings. The first-order valence-corrected chi connectivity index (χ1v) is 7.82. The lowest BCUT2D eigenvalue weighted by atomic mass is 10.00. The molecule has 0 radical (unpaired) electrons. The molecule has 3 heteroatoms. The maximum atomic E-state index is 3.51. The van der Waals surface area contributed by atoms with Gasteiger partial charge in [0.25, 0.3) is 0 Å². The molecule has 18 heavy (non-hydrogen) atoms. The van der Waals surface area contributed by atoms with Gasteiger partial charge in [-0.05, 0) is 52.9 Å². The summed E-state index contributed by atoms with van der Waals surface area (Å²) in [5, 5.41) is 3.51. The molecule has 2 atom stereocenters. The van der Waals surface area contributed by atoms with Gasteiger partial charge in [-0.2, -0.15) is 0 Å². The predicted molar refractivity (Wildman–Crippen MR) is 80.1 cm³/mol. The normalized spacial score (nSPS) is 20.5. The van der Waals surface area contributed by atoms with Crippen LogP contribution < -0.4 is 5.32 Å². The van der Waals surface area contributed by atoms with Gasteiger partial charge < -0.3 is 15.1 Å². The molecule has 0 amide bonds. The molecule has 1 fully saturated rings. The van der Waals surface area contributed by atoms with E-state index in [2.05, 4.69) is 43.1 Å². The number of nitrogens with zero attached hydrogens (tertiary/aromatic N) is 2. The molecule has 0 aromatic rings. The molecule has 0 bridgehead atoms. The van der Waals surface area contributed by atoms with Gasteiger partial charge in [0.2, 0.25) is 0 Å². The Morgan fingerprint density at radius 2 is 1.89 bits per heavy atom. The van der Waals surface area contributed by atoms with Gasteiger partial charge in [-0.15, -0.1) is 0 Å². The van der Waals surface area contributed by atoms with E-state index in [9.17, 15) is 0 Å². The Balaban J connectivity index is 2.36. The second-order valence-electron chi connectivity index (χ2n) is 5.69. The van der Waals surface area contributed by atoms with E-state index in [1.165, 1.54) is 58.3 Å². The Labute approximate surface area is 114 Å². The highest BCUT2D eigenvalue weighted by atomic mass is 15.2. The quantitative estimate of drug-likeness (QED) is 0.681. The number of nitrogens with one attached hydrogen (secondary N) is 1. The fraction of sp³-hybridized carbons (Fsp3) is 1.00. The Bertz CT molecular complexity index is 202. The van der Waals surface area contributed by atoms with Crippen molar-refractivity contribution >= 4 is 0 Å². The topological polar surface area (TPSA) is 18.5 Å². The van der Waals surface area contributed by atoms with Gasteiger partial charge in [-0.3, -0.25) is 0 Å². The molecule has 1 heterocycles. The third-order valence-electron chi connectivity index (χ3n) is 4.39. The average molecular weight is 255 g/mol. The highest BCUT2D eigenvalue weighted by Crippen LogP contribution is 2.13. The first kappa shape index (κ1) is 15.9. The van der Waals surface area contributed by atoms with Crippen LogP contribution in [0.4, 0.5) is 0 Å². The van der Waals surface area contributed by atoms with Gasteiger partial charge >= 0.3 is 0 Å². The van der Waals surface area contributed by atoms with Crippen LogP contribution in [0.3, 0.4) is 0 Å². The summed E-state index contributed by atoms with van der Waals surface area (Å²) in [6.07, 6.45) is 6.58. The van der Waals surface area contributed by atoms with E-state index in [1.807, 2.05) is 0 Å². The Morgan fingerprint density at radius 1 is 1.22 bits per heavy atom. The third-order valence-corrected chi connectivity index (χ3v) is 4.39. The Morgan fingerprint density at radius 3 is 2.39 bits per heavy atom. The first-order valence-electron chi connectivity index (χ1n) is 7.82. The predicted octanol–water partition coefficient (Wildman–Crippen LogP) is 2.18. The molecule has 3 nitrogen and oxygen atoms in total. The van der Waals surface area contributed by atoms with Crippen LogP contribution in [0.2, 0.25) is 0 Å². The van der Waals surface area contributed by atoms with E-state index in [4.69, 9.17) is 0 Å². The van der Waals surface area contributed by atoms with Gasteiger partial charge in [0.15, 0.2) is 0 Å². The van der Waals surface area contributed by atoms with Gasteiger partial charge in [0.05, 0.1) is 0 Å². The lowest BCUT2D eigenvalue weighted by molar-refractivity contribution is 0.163. The molecule has 1 rings (SSSR count). The number of likely N-dealkylation sites (N-methyl/N-ethyl adjacent to an activating group) is 2. The summed E-state index contributed by atoms with van der Waals surface area (Å²) in [6, 6.07) is 1.32. The van der Waals surface area contributed by atoms with Crippen LogP contribution in [0.15, 0.2) is 0 Å².